The number of unbranched alkanes of at least 4 members (excludes halogenated alkanes) is 1. The van der Waals surface area contributed by atoms with E-state index in [0.717, 1.165) is 36.4 Å². The fourth-order valence-corrected chi connectivity index (χ4v) is 1.93. The van der Waals surface area contributed by atoms with Gasteiger partial charge in [-0.15, -0.1) is 21.5 Å². The number of aromatic nitrogens is 4. The van der Waals surface area contributed by atoms with Gasteiger partial charge in [0.2, 0.25) is 0 Å². The van der Waals surface area contributed by atoms with Crippen LogP contribution in [0.25, 0.3) is 0 Å². The first-order valence-electron chi connectivity index (χ1n) is 4.97. The molecule has 5 heteroatoms. The smallest absolute Gasteiger partial charge is 0.117 e. The highest BCUT2D eigenvalue weighted by Crippen LogP contribution is 2.08. The third kappa shape index (κ3) is 3.36. The zero-order valence-electron chi connectivity index (χ0n) is 8.33. The molecule has 0 aliphatic rings. The molecule has 0 bridgehead atoms. The molecule has 2 rings (SSSR count). The van der Waals surface area contributed by atoms with Gasteiger partial charge in [-0.1, -0.05) is 0 Å². The Morgan fingerprint density at radius 2 is 2.00 bits per heavy atom. The van der Waals surface area contributed by atoms with Gasteiger partial charge in [-0.3, -0.25) is 0 Å². The summed E-state index contributed by atoms with van der Waals surface area (Å²) in [4.78, 5) is 0. The zero-order chi connectivity index (χ0) is 10.3. The molecule has 0 amide bonds. The van der Waals surface area contributed by atoms with Crippen molar-refractivity contribution in [1.29, 1.82) is 0 Å². The predicted octanol–water partition coefficient (Wildman–Crippen LogP) is 1.89. The normalized spacial score (nSPS) is 10.4. The van der Waals surface area contributed by atoms with Gasteiger partial charge in [0.25, 0.3) is 0 Å². The maximum absolute atomic E-state index is 4.04. The molecule has 0 unspecified atom stereocenters. The molecular weight excluding hydrogens is 208 g/mol. The molecule has 0 N–H and O–H groups in total. The largest absolute Gasteiger partial charge is 0.159 e. The Morgan fingerprint density at radius 3 is 2.73 bits per heavy atom. The molecule has 0 aliphatic heterocycles. The second kappa shape index (κ2) is 5.50. The van der Waals surface area contributed by atoms with Crippen LogP contribution >= 0.6 is 11.3 Å². The summed E-state index contributed by atoms with van der Waals surface area (Å²) in [5.41, 5.74) is 2.84. The van der Waals surface area contributed by atoms with Crippen LogP contribution in [0.5, 0.6) is 0 Å². The number of nitrogens with zero attached hydrogens (tertiary/aromatic N) is 4. The van der Waals surface area contributed by atoms with Crippen molar-refractivity contribution in [3.63, 3.8) is 0 Å². The number of hydrogen-bond acceptors (Lipinski definition) is 5. The molecule has 0 radical (unpaired) electrons. The average molecular weight is 220 g/mol. The minimum Gasteiger partial charge on any atom is -0.159 e. The van der Waals surface area contributed by atoms with Crippen LogP contribution in [0.3, 0.4) is 0 Å². The van der Waals surface area contributed by atoms with Gasteiger partial charge in [-0.05, 0) is 31.4 Å². The van der Waals surface area contributed by atoms with Crippen molar-refractivity contribution < 1.29 is 0 Å². The Balaban J connectivity index is 1.68. The van der Waals surface area contributed by atoms with Crippen molar-refractivity contribution >= 4 is 11.3 Å². The second-order valence-electron chi connectivity index (χ2n) is 3.25. The van der Waals surface area contributed by atoms with E-state index >= 15 is 0 Å². The quantitative estimate of drug-likeness (QED) is 0.722. The minimum atomic E-state index is 0.993. The maximum atomic E-state index is 4.04. The molecule has 0 spiro atoms. The Morgan fingerprint density at radius 1 is 1.07 bits per heavy atom. The minimum absolute atomic E-state index is 0.993. The summed E-state index contributed by atoms with van der Waals surface area (Å²) in [6.45, 7) is 0. The molecule has 0 aromatic carbocycles. The number of aryl methyl sites for hydroxylation is 2. The summed E-state index contributed by atoms with van der Waals surface area (Å²) in [6.07, 6.45) is 5.96. The predicted molar refractivity (Wildman–Crippen MR) is 58.6 cm³/mol. The van der Waals surface area contributed by atoms with Crippen molar-refractivity contribution in [3.05, 3.63) is 34.5 Å². The summed E-state index contributed by atoms with van der Waals surface area (Å²) in [6, 6.07) is 3.94. The number of hydrogen-bond donors (Lipinski definition) is 0. The average Bonchev–Trinajstić information content (AvgIpc) is 2.79. The first kappa shape index (κ1) is 10.2. The highest BCUT2D eigenvalue weighted by molar-refractivity contribution is 7.09. The van der Waals surface area contributed by atoms with Crippen molar-refractivity contribution in [2.45, 2.75) is 25.7 Å². The summed E-state index contributed by atoms with van der Waals surface area (Å²) in [5.74, 6) is 0. The highest BCUT2D eigenvalue weighted by Gasteiger charge is 1.98. The second-order valence-corrected chi connectivity index (χ2v) is 4.17. The van der Waals surface area contributed by atoms with E-state index in [-0.39, 0.29) is 0 Å². The van der Waals surface area contributed by atoms with Crippen molar-refractivity contribution in [2.75, 3.05) is 0 Å². The van der Waals surface area contributed by atoms with Gasteiger partial charge in [-0.2, -0.15) is 10.2 Å². The van der Waals surface area contributed by atoms with Crippen LogP contribution in [0.4, 0.5) is 0 Å². The van der Waals surface area contributed by atoms with Crippen LogP contribution in [-0.4, -0.2) is 20.4 Å². The third-order valence-corrected chi connectivity index (χ3v) is 2.86. The Bertz CT molecular complexity index is 374. The maximum Gasteiger partial charge on any atom is 0.117 e. The molecule has 2 aromatic heterocycles. The van der Waals surface area contributed by atoms with Crippen molar-refractivity contribution in [1.82, 2.24) is 20.4 Å². The molecule has 2 heterocycles. The van der Waals surface area contributed by atoms with Crippen LogP contribution in [0.1, 0.15) is 23.5 Å². The van der Waals surface area contributed by atoms with Gasteiger partial charge >= 0.3 is 0 Å². The molecule has 2 aromatic rings. The molecule has 0 saturated heterocycles. The van der Waals surface area contributed by atoms with Gasteiger partial charge < -0.3 is 0 Å². The van der Waals surface area contributed by atoms with Crippen LogP contribution in [-0.2, 0) is 12.8 Å². The van der Waals surface area contributed by atoms with E-state index < -0.39 is 0 Å². The van der Waals surface area contributed by atoms with Crippen LogP contribution in [0, 0.1) is 0 Å². The lowest BCUT2D eigenvalue weighted by Gasteiger charge is -1.97. The van der Waals surface area contributed by atoms with E-state index in [0.29, 0.717) is 0 Å². The van der Waals surface area contributed by atoms with Gasteiger partial charge in [0, 0.05) is 12.6 Å². The van der Waals surface area contributed by atoms with Crippen LogP contribution in [0.2, 0.25) is 0 Å². The molecular formula is C10H12N4S. The van der Waals surface area contributed by atoms with E-state index in [1.54, 1.807) is 23.0 Å². The summed E-state index contributed by atoms with van der Waals surface area (Å²) in [7, 11) is 0. The van der Waals surface area contributed by atoms with Gasteiger partial charge in [-0.25, -0.2) is 0 Å². The van der Waals surface area contributed by atoms with Gasteiger partial charge in [0.15, 0.2) is 0 Å². The monoisotopic (exact) mass is 220 g/mol. The lowest BCUT2D eigenvalue weighted by Crippen LogP contribution is -1.93. The molecule has 15 heavy (non-hydrogen) atoms. The molecule has 4 nitrogen and oxygen atoms in total. The molecule has 0 saturated carbocycles. The lowest BCUT2D eigenvalue weighted by atomic mass is 10.1. The lowest BCUT2D eigenvalue weighted by molar-refractivity contribution is 0.707. The van der Waals surface area contributed by atoms with Crippen LogP contribution < -0.4 is 0 Å². The first-order chi connectivity index (χ1) is 7.45. The Hall–Kier alpha value is -1.36. The third-order valence-electron chi connectivity index (χ3n) is 2.11. The van der Waals surface area contributed by atoms with E-state index in [1.165, 1.54) is 0 Å². The van der Waals surface area contributed by atoms with Crippen molar-refractivity contribution in [2.24, 2.45) is 0 Å². The Labute approximate surface area is 92.4 Å². The first-order valence-corrected chi connectivity index (χ1v) is 5.85. The Kier molecular flexibility index (Phi) is 3.73. The fraction of sp³-hybridized carbons (Fsp3) is 0.400. The van der Waals surface area contributed by atoms with E-state index in [2.05, 4.69) is 20.4 Å². The SMILES string of the molecule is c1cnnc(CCCCc2nncs2)c1. The van der Waals surface area contributed by atoms with E-state index in [9.17, 15) is 0 Å². The molecule has 78 valence electrons. The highest BCUT2D eigenvalue weighted by atomic mass is 32.1. The van der Waals surface area contributed by atoms with Gasteiger partial charge in [0.1, 0.15) is 10.5 Å². The molecule has 0 atom stereocenters. The van der Waals surface area contributed by atoms with E-state index in [4.69, 9.17) is 0 Å². The van der Waals surface area contributed by atoms with Crippen LogP contribution in [0.15, 0.2) is 23.8 Å². The zero-order valence-corrected chi connectivity index (χ0v) is 9.15. The summed E-state index contributed by atoms with van der Waals surface area (Å²) in [5, 5.41) is 16.8. The summed E-state index contributed by atoms with van der Waals surface area (Å²) >= 11 is 1.62. The van der Waals surface area contributed by atoms with Crippen molar-refractivity contribution in [3.8, 4) is 0 Å². The standard InChI is InChI=1S/C10H12N4S/c1(2-6-10-14-12-8-15-10)4-9-5-3-7-11-13-9/h3,5,7-8H,1-2,4,6H2. The van der Waals surface area contributed by atoms with E-state index in [1.807, 2.05) is 12.1 Å². The number of rotatable bonds is 5. The molecule has 0 fully saturated rings. The van der Waals surface area contributed by atoms with Gasteiger partial charge in [0.05, 0.1) is 5.69 Å². The summed E-state index contributed by atoms with van der Waals surface area (Å²) < 4.78 is 0. The fourth-order valence-electron chi connectivity index (χ4n) is 1.35. The topological polar surface area (TPSA) is 51.6 Å². The molecule has 0 aliphatic carbocycles.